The van der Waals surface area contributed by atoms with Crippen LogP contribution in [0.1, 0.15) is 27.2 Å². The minimum Gasteiger partial charge on any atom is -0.444 e. The number of halogens is 1. The van der Waals surface area contributed by atoms with Gasteiger partial charge in [0.2, 0.25) is 0 Å². The van der Waals surface area contributed by atoms with Gasteiger partial charge in [-0.1, -0.05) is 36.4 Å². The van der Waals surface area contributed by atoms with Crippen molar-refractivity contribution < 1.29 is 9.21 Å². The number of fused-ring (bicyclic) bond motifs is 1. The van der Waals surface area contributed by atoms with Gasteiger partial charge in [0, 0.05) is 18.7 Å². The lowest BCUT2D eigenvalue weighted by Gasteiger charge is -2.07. The maximum atomic E-state index is 12.2. The minimum absolute atomic E-state index is 0.216. The van der Waals surface area contributed by atoms with E-state index in [0.29, 0.717) is 17.0 Å². The molecule has 0 atom stereocenters. The minimum atomic E-state index is -0.216. The molecule has 0 spiro atoms. The van der Waals surface area contributed by atoms with Gasteiger partial charge < -0.3 is 14.3 Å². The van der Waals surface area contributed by atoms with Crippen LogP contribution in [0.4, 0.5) is 0 Å². The summed E-state index contributed by atoms with van der Waals surface area (Å²) in [4.78, 5) is 16.6. The second-order valence-electron chi connectivity index (χ2n) is 6.42. The molecule has 1 N–H and O–H groups in total. The molecule has 27 heavy (non-hydrogen) atoms. The summed E-state index contributed by atoms with van der Waals surface area (Å²) in [5.41, 5.74) is 5.14. The zero-order valence-corrected chi connectivity index (χ0v) is 16.4. The van der Waals surface area contributed by atoms with E-state index in [1.807, 2.05) is 43.6 Å². The van der Waals surface area contributed by atoms with Crippen LogP contribution in [0.25, 0.3) is 11.0 Å². The summed E-state index contributed by atoms with van der Waals surface area (Å²) in [6.45, 7) is 3.05. The Morgan fingerprint density at radius 2 is 1.89 bits per heavy atom. The van der Waals surface area contributed by atoms with Crippen LogP contribution >= 0.6 is 15.9 Å². The zero-order chi connectivity index (χ0) is 18.8. The smallest absolute Gasteiger partial charge is 0.287 e. The molecule has 0 radical (unpaired) electrons. The topological polar surface area (TPSA) is 60.1 Å². The number of nitrogens with zero attached hydrogens (tertiary/aromatic N) is 2. The van der Waals surface area contributed by atoms with E-state index in [9.17, 15) is 4.79 Å². The average molecular weight is 424 g/mol. The average Bonchev–Trinajstić information content (AvgIpc) is 3.23. The Kier molecular flexibility index (Phi) is 4.81. The Bertz CT molecular complexity index is 1100. The number of aryl methyl sites for hydroxylation is 1. The number of rotatable bonds is 5. The number of carbonyl (C=O) groups is 1. The second-order valence-corrected chi connectivity index (χ2v) is 7.20. The number of aromatic nitrogens is 2. The quantitative estimate of drug-likeness (QED) is 0.506. The Morgan fingerprint density at radius 1 is 1.15 bits per heavy atom. The fourth-order valence-corrected chi connectivity index (χ4v) is 3.53. The molecule has 0 fully saturated rings. The molecule has 4 rings (SSSR count). The summed E-state index contributed by atoms with van der Waals surface area (Å²) < 4.78 is 8.06. The van der Waals surface area contributed by atoms with Crippen LogP contribution in [0.2, 0.25) is 0 Å². The van der Waals surface area contributed by atoms with Gasteiger partial charge in [0.15, 0.2) is 10.4 Å². The lowest BCUT2D eigenvalue weighted by atomic mass is 10.1. The predicted molar refractivity (Wildman–Crippen MR) is 108 cm³/mol. The molecule has 0 aliphatic carbocycles. The van der Waals surface area contributed by atoms with E-state index < -0.39 is 0 Å². The number of carbonyl (C=O) groups excluding carboxylic acids is 1. The molecule has 2 aromatic carbocycles. The first kappa shape index (κ1) is 17.5. The van der Waals surface area contributed by atoms with Crippen molar-refractivity contribution in [1.29, 1.82) is 0 Å². The van der Waals surface area contributed by atoms with Crippen LogP contribution in [0.3, 0.4) is 0 Å². The molecule has 1 amide bonds. The maximum absolute atomic E-state index is 12.2. The SMILES string of the molecule is Cc1cc(Br)oc1C(=O)NCc1ccc(Cn2cnc3ccccc32)cc1. The molecule has 0 saturated carbocycles. The monoisotopic (exact) mass is 423 g/mol. The van der Waals surface area contributed by atoms with Crippen molar-refractivity contribution in [1.82, 2.24) is 14.9 Å². The van der Waals surface area contributed by atoms with Crippen LogP contribution in [0.5, 0.6) is 0 Å². The van der Waals surface area contributed by atoms with E-state index in [4.69, 9.17) is 4.42 Å². The lowest BCUT2D eigenvalue weighted by molar-refractivity contribution is 0.0921. The highest BCUT2D eigenvalue weighted by molar-refractivity contribution is 9.10. The fourth-order valence-electron chi connectivity index (χ4n) is 3.03. The highest BCUT2D eigenvalue weighted by Gasteiger charge is 2.14. The van der Waals surface area contributed by atoms with Gasteiger partial charge in [-0.25, -0.2) is 4.98 Å². The first-order chi connectivity index (χ1) is 13.1. The first-order valence-corrected chi connectivity index (χ1v) is 9.41. The van der Waals surface area contributed by atoms with Crippen molar-refractivity contribution in [2.45, 2.75) is 20.0 Å². The van der Waals surface area contributed by atoms with Gasteiger partial charge in [-0.15, -0.1) is 0 Å². The Labute approximate surface area is 165 Å². The van der Waals surface area contributed by atoms with Gasteiger partial charge in [0.1, 0.15) is 0 Å². The van der Waals surface area contributed by atoms with Gasteiger partial charge in [0.25, 0.3) is 5.91 Å². The number of nitrogens with one attached hydrogen (secondary N) is 1. The molecule has 0 aliphatic heterocycles. The predicted octanol–water partition coefficient (Wildman–Crippen LogP) is 4.68. The Morgan fingerprint density at radius 3 is 2.63 bits per heavy atom. The molecule has 0 saturated heterocycles. The molecular formula is C21H18BrN3O2. The summed E-state index contributed by atoms with van der Waals surface area (Å²) >= 11 is 3.24. The van der Waals surface area contributed by atoms with Gasteiger partial charge in [-0.05, 0) is 52.2 Å². The summed E-state index contributed by atoms with van der Waals surface area (Å²) in [6.07, 6.45) is 1.86. The summed E-state index contributed by atoms with van der Waals surface area (Å²) in [5.74, 6) is 0.123. The second kappa shape index (κ2) is 7.40. The Hall–Kier alpha value is -2.86. The molecule has 0 unspecified atom stereocenters. The van der Waals surface area contributed by atoms with Crippen molar-refractivity contribution in [3.63, 3.8) is 0 Å². The van der Waals surface area contributed by atoms with Crippen LogP contribution in [0, 0.1) is 6.92 Å². The van der Waals surface area contributed by atoms with Crippen LogP contribution in [0.15, 0.2) is 70.0 Å². The molecular weight excluding hydrogens is 406 g/mol. The largest absolute Gasteiger partial charge is 0.444 e. The number of amides is 1. The first-order valence-electron chi connectivity index (χ1n) is 8.62. The van der Waals surface area contributed by atoms with Gasteiger partial charge in [-0.3, -0.25) is 4.79 Å². The number of hydrogen-bond acceptors (Lipinski definition) is 3. The summed E-state index contributed by atoms with van der Waals surface area (Å²) in [6, 6.07) is 18.1. The van der Waals surface area contributed by atoms with Crippen molar-refractivity contribution >= 4 is 32.9 Å². The van der Waals surface area contributed by atoms with Crippen LogP contribution in [-0.4, -0.2) is 15.5 Å². The third-order valence-electron chi connectivity index (χ3n) is 4.45. The molecule has 4 aromatic rings. The summed E-state index contributed by atoms with van der Waals surface area (Å²) in [7, 11) is 0. The van der Waals surface area contributed by atoms with Crippen molar-refractivity contribution in [3.05, 3.63) is 88.0 Å². The molecule has 6 heteroatoms. The van der Waals surface area contributed by atoms with E-state index >= 15 is 0 Å². The highest BCUT2D eigenvalue weighted by Crippen LogP contribution is 2.19. The van der Waals surface area contributed by atoms with E-state index in [1.54, 1.807) is 6.07 Å². The summed E-state index contributed by atoms with van der Waals surface area (Å²) in [5, 5.41) is 2.89. The lowest BCUT2D eigenvalue weighted by Crippen LogP contribution is -2.22. The number of benzene rings is 2. The van der Waals surface area contributed by atoms with Gasteiger partial charge in [0.05, 0.1) is 17.4 Å². The van der Waals surface area contributed by atoms with Gasteiger partial charge >= 0.3 is 0 Å². The number of hydrogen-bond donors (Lipinski definition) is 1. The molecule has 2 aromatic heterocycles. The molecule has 5 nitrogen and oxygen atoms in total. The standard InChI is InChI=1S/C21H18BrN3O2/c1-14-10-19(22)27-20(14)21(26)23-11-15-6-8-16(9-7-15)12-25-13-24-17-4-2-3-5-18(17)25/h2-10,13H,11-12H2,1H3,(H,23,26). The number of imidazole rings is 1. The molecule has 2 heterocycles. The zero-order valence-electron chi connectivity index (χ0n) is 14.8. The van der Waals surface area contributed by atoms with Crippen molar-refractivity contribution in [3.8, 4) is 0 Å². The maximum Gasteiger partial charge on any atom is 0.287 e. The molecule has 0 bridgehead atoms. The van der Waals surface area contributed by atoms with E-state index in [-0.39, 0.29) is 5.91 Å². The van der Waals surface area contributed by atoms with Crippen LogP contribution < -0.4 is 5.32 Å². The number of para-hydroxylation sites is 2. The Balaban J connectivity index is 1.40. The third-order valence-corrected chi connectivity index (χ3v) is 4.84. The molecule has 136 valence electrons. The van der Waals surface area contributed by atoms with E-state index in [1.165, 1.54) is 5.56 Å². The fraction of sp³-hybridized carbons (Fsp3) is 0.143. The number of furan rings is 1. The van der Waals surface area contributed by atoms with E-state index in [0.717, 1.165) is 28.7 Å². The highest BCUT2D eigenvalue weighted by atomic mass is 79.9. The van der Waals surface area contributed by atoms with Crippen molar-refractivity contribution in [2.75, 3.05) is 0 Å². The van der Waals surface area contributed by atoms with Crippen LogP contribution in [-0.2, 0) is 13.1 Å². The normalized spacial score (nSPS) is 11.0. The van der Waals surface area contributed by atoms with Gasteiger partial charge in [-0.2, -0.15) is 0 Å². The van der Waals surface area contributed by atoms with Crippen molar-refractivity contribution in [2.24, 2.45) is 0 Å². The molecule has 0 aliphatic rings. The van der Waals surface area contributed by atoms with E-state index in [2.05, 4.69) is 49.0 Å². The third kappa shape index (κ3) is 3.80.